The van der Waals surface area contributed by atoms with E-state index in [2.05, 4.69) is 5.32 Å². The van der Waals surface area contributed by atoms with Crippen LogP contribution in [-0.4, -0.2) is 59.6 Å². The van der Waals surface area contributed by atoms with E-state index in [0.717, 1.165) is 0 Å². The Balaban J connectivity index is 1.94. The summed E-state index contributed by atoms with van der Waals surface area (Å²) in [6, 6.07) is 0. The Bertz CT molecular complexity index is 423. The van der Waals surface area contributed by atoms with Gasteiger partial charge >= 0.3 is 5.97 Å². The number of hydrogen-bond acceptors (Lipinski definition) is 4. The van der Waals surface area contributed by atoms with Crippen LogP contribution in [0.3, 0.4) is 0 Å². The molecule has 0 aromatic carbocycles. The van der Waals surface area contributed by atoms with Crippen LogP contribution in [0.25, 0.3) is 0 Å². The van der Waals surface area contributed by atoms with Crippen molar-refractivity contribution in [2.75, 3.05) is 26.3 Å². The molecule has 0 spiro atoms. The van der Waals surface area contributed by atoms with Crippen LogP contribution in [-0.2, 0) is 19.1 Å². The smallest absolute Gasteiger partial charge is 0.329 e. The first-order chi connectivity index (χ1) is 9.94. The Morgan fingerprint density at radius 2 is 1.76 bits per heavy atom. The third-order valence-corrected chi connectivity index (χ3v) is 4.43. The van der Waals surface area contributed by atoms with Crippen molar-refractivity contribution < 1.29 is 24.2 Å². The molecule has 2 aliphatic rings. The molecule has 0 radical (unpaired) electrons. The lowest BCUT2D eigenvalue weighted by Gasteiger charge is -2.36. The quantitative estimate of drug-likeness (QED) is 0.764. The Morgan fingerprint density at radius 3 is 2.24 bits per heavy atom. The molecule has 7 heteroatoms. The molecule has 7 nitrogen and oxygen atoms in total. The van der Waals surface area contributed by atoms with Gasteiger partial charge in [0.05, 0.1) is 0 Å². The number of carboxylic acid groups (broad SMARTS) is 1. The van der Waals surface area contributed by atoms with Gasteiger partial charge in [0.2, 0.25) is 11.8 Å². The number of nitrogens with one attached hydrogen (secondary N) is 1. The summed E-state index contributed by atoms with van der Waals surface area (Å²) in [5, 5.41) is 12.2. The van der Waals surface area contributed by atoms with E-state index in [-0.39, 0.29) is 17.7 Å². The topological polar surface area (TPSA) is 95.9 Å². The molecule has 2 rings (SSSR count). The molecule has 0 unspecified atom stereocenters. The average Bonchev–Trinajstić information content (AvgIpc) is 2.48. The van der Waals surface area contributed by atoms with Crippen LogP contribution in [0.1, 0.15) is 32.6 Å². The third-order valence-electron chi connectivity index (χ3n) is 4.43. The molecule has 2 heterocycles. The predicted molar refractivity (Wildman–Crippen MR) is 73.5 cm³/mol. The molecule has 2 N–H and O–H groups in total. The van der Waals surface area contributed by atoms with Crippen LogP contribution >= 0.6 is 0 Å². The number of nitrogens with zero attached hydrogens (tertiary/aromatic N) is 1. The van der Waals surface area contributed by atoms with Gasteiger partial charge in [-0.1, -0.05) is 0 Å². The largest absolute Gasteiger partial charge is 0.480 e. The van der Waals surface area contributed by atoms with Gasteiger partial charge in [0, 0.05) is 52.0 Å². The first-order valence-electron chi connectivity index (χ1n) is 7.33. The van der Waals surface area contributed by atoms with Crippen LogP contribution in [0.15, 0.2) is 0 Å². The van der Waals surface area contributed by atoms with E-state index in [1.165, 1.54) is 6.92 Å². The van der Waals surface area contributed by atoms with E-state index in [1.54, 1.807) is 4.90 Å². The fourth-order valence-electron chi connectivity index (χ4n) is 2.91. The number of rotatable bonds is 3. The maximum Gasteiger partial charge on any atom is 0.329 e. The van der Waals surface area contributed by atoms with Crippen molar-refractivity contribution in [3.63, 3.8) is 0 Å². The molecule has 0 aliphatic carbocycles. The summed E-state index contributed by atoms with van der Waals surface area (Å²) in [6.45, 7) is 3.31. The minimum atomic E-state index is -1.20. The first kappa shape index (κ1) is 15.8. The van der Waals surface area contributed by atoms with E-state index in [9.17, 15) is 19.5 Å². The molecular weight excluding hydrogens is 276 g/mol. The van der Waals surface area contributed by atoms with Gasteiger partial charge in [-0.25, -0.2) is 4.79 Å². The van der Waals surface area contributed by atoms with Crippen LogP contribution < -0.4 is 5.32 Å². The number of likely N-dealkylation sites (tertiary alicyclic amines) is 1. The predicted octanol–water partition coefficient (Wildman–Crippen LogP) is -0.00510. The highest BCUT2D eigenvalue weighted by atomic mass is 16.5. The van der Waals surface area contributed by atoms with Gasteiger partial charge in [0.25, 0.3) is 0 Å². The standard InChI is InChI=1S/C14H22N2O5/c1-10(17)16-6-2-11(3-7-16)12(18)15-14(13(19)20)4-8-21-9-5-14/h11H,2-9H2,1H3,(H,15,18)(H,19,20). The number of carboxylic acids is 1. The molecule has 118 valence electrons. The van der Waals surface area contributed by atoms with Crippen molar-refractivity contribution in [2.24, 2.45) is 5.92 Å². The second-order valence-corrected chi connectivity index (χ2v) is 5.77. The molecule has 0 saturated carbocycles. The molecule has 21 heavy (non-hydrogen) atoms. The Kier molecular flexibility index (Phi) is 4.82. The van der Waals surface area contributed by atoms with Gasteiger partial charge in [0.15, 0.2) is 0 Å². The van der Waals surface area contributed by atoms with E-state index in [1.807, 2.05) is 0 Å². The van der Waals surface area contributed by atoms with Crippen molar-refractivity contribution >= 4 is 17.8 Å². The second kappa shape index (κ2) is 6.43. The average molecular weight is 298 g/mol. The minimum Gasteiger partial charge on any atom is -0.480 e. The highest BCUT2D eigenvalue weighted by Crippen LogP contribution is 2.24. The molecule has 2 saturated heterocycles. The van der Waals surface area contributed by atoms with E-state index < -0.39 is 11.5 Å². The van der Waals surface area contributed by atoms with Gasteiger partial charge in [-0.2, -0.15) is 0 Å². The molecule has 2 aliphatic heterocycles. The van der Waals surface area contributed by atoms with Crippen molar-refractivity contribution in [3.8, 4) is 0 Å². The summed E-state index contributed by atoms with van der Waals surface area (Å²) >= 11 is 0. The lowest BCUT2D eigenvalue weighted by Crippen LogP contribution is -2.59. The fraction of sp³-hybridized carbons (Fsp3) is 0.786. The lowest BCUT2D eigenvalue weighted by molar-refractivity contribution is -0.153. The minimum absolute atomic E-state index is 0.0142. The molecule has 0 aromatic rings. The Morgan fingerprint density at radius 1 is 1.19 bits per heavy atom. The number of aliphatic carboxylic acids is 1. The molecule has 0 aromatic heterocycles. The van der Waals surface area contributed by atoms with Crippen LogP contribution in [0.2, 0.25) is 0 Å². The van der Waals surface area contributed by atoms with Gasteiger partial charge < -0.3 is 20.1 Å². The summed E-state index contributed by atoms with van der Waals surface area (Å²) in [5.41, 5.74) is -1.20. The maximum absolute atomic E-state index is 12.3. The van der Waals surface area contributed by atoms with Crippen LogP contribution in [0, 0.1) is 5.92 Å². The normalized spacial score (nSPS) is 22.6. The van der Waals surface area contributed by atoms with Gasteiger partial charge in [-0.15, -0.1) is 0 Å². The first-order valence-corrected chi connectivity index (χ1v) is 7.33. The molecular formula is C14H22N2O5. The summed E-state index contributed by atoms with van der Waals surface area (Å²) in [6.07, 6.45) is 1.75. The number of carbonyl (C=O) groups excluding carboxylic acids is 2. The van der Waals surface area contributed by atoms with E-state index >= 15 is 0 Å². The van der Waals surface area contributed by atoms with Crippen molar-refractivity contribution in [2.45, 2.75) is 38.1 Å². The fourth-order valence-corrected chi connectivity index (χ4v) is 2.91. The summed E-state index contributed by atoms with van der Waals surface area (Å²) in [7, 11) is 0. The molecule has 0 bridgehead atoms. The van der Waals surface area contributed by atoms with Crippen molar-refractivity contribution in [3.05, 3.63) is 0 Å². The Hall–Kier alpha value is -1.63. The van der Waals surface area contributed by atoms with Gasteiger partial charge in [-0.3, -0.25) is 9.59 Å². The number of piperidine rings is 1. The van der Waals surface area contributed by atoms with E-state index in [0.29, 0.717) is 52.0 Å². The van der Waals surface area contributed by atoms with Crippen LogP contribution in [0.5, 0.6) is 0 Å². The van der Waals surface area contributed by atoms with Crippen molar-refractivity contribution in [1.29, 1.82) is 0 Å². The Labute approximate surface area is 123 Å². The SMILES string of the molecule is CC(=O)N1CCC(C(=O)NC2(C(=O)O)CCOCC2)CC1. The zero-order chi connectivity index (χ0) is 15.5. The highest BCUT2D eigenvalue weighted by Gasteiger charge is 2.43. The van der Waals surface area contributed by atoms with Gasteiger partial charge in [-0.05, 0) is 12.8 Å². The summed E-state index contributed by atoms with van der Waals surface area (Å²) in [4.78, 5) is 36.8. The number of carbonyl (C=O) groups is 3. The summed E-state index contributed by atoms with van der Waals surface area (Å²) < 4.78 is 5.18. The summed E-state index contributed by atoms with van der Waals surface area (Å²) in [5.74, 6) is -1.43. The molecule has 2 fully saturated rings. The zero-order valence-electron chi connectivity index (χ0n) is 12.3. The third kappa shape index (κ3) is 3.53. The number of hydrogen-bond donors (Lipinski definition) is 2. The van der Waals surface area contributed by atoms with E-state index in [4.69, 9.17) is 4.74 Å². The maximum atomic E-state index is 12.3. The monoisotopic (exact) mass is 298 g/mol. The van der Waals surface area contributed by atoms with Crippen LogP contribution in [0.4, 0.5) is 0 Å². The molecule has 2 amide bonds. The van der Waals surface area contributed by atoms with Crippen molar-refractivity contribution in [1.82, 2.24) is 10.2 Å². The number of amides is 2. The molecule has 0 atom stereocenters. The zero-order valence-corrected chi connectivity index (χ0v) is 12.3. The highest BCUT2D eigenvalue weighted by molar-refractivity contribution is 5.88. The van der Waals surface area contributed by atoms with Gasteiger partial charge in [0.1, 0.15) is 5.54 Å². The lowest BCUT2D eigenvalue weighted by atomic mass is 9.88. The number of ether oxygens (including phenoxy) is 1. The second-order valence-electron chi connectivity index (χ2n) is 5.77.